The number of phenols is 1. The van der Waals surface area contributed by atoms with E-state index in [0.29, 0.717) is 11.3 Å². The molecule has 6 nitrogen and oxygen atoms in total. The Kier molecular flexibility index (Phi) is 5.30. The predicted molar refractivity (Wildman–Crippen MR) is 91.5 cm³/mol. The van der Waals surface area contributed by atoms with Crippen LogP contribution < -0.4 is 11.2 Å². The lowest BCUT2D eigenvalue weighted by Crippen LogP contribution is -2.21. The molecule has 0 aliphatic heterocycles. The molecule has 23 heavy (non-hydrogen) atoms. The van der Waals surface area contributed by atoms with Crippen molar-refractivity contribution in [1.82, 2.24) is 10.4 Å². The van der Waals surface area contributed by atoms with E-state index in [1.165, 1.54) is 6.07 Å². The number of amides is 1. The number of rotatable bonds is 3. The van der Waals surface area contributed by atoms with Gasteiger partial charge in [-0.15, -0.1) is 0 Å². The number of phenolic OH excluding ortho intramolecular Hbond substituents is 1. The van der Waals surface area contributed by atoms with Crippen molar-refractivity contribution in [3.8, 4) is 5.75 Å². The Bertz CT molecular complexity index is 809. The summed E-state index contributed by atoms with van der Waals surface area (Å²) in [6, 6.07) is 6.57. The molecule has 0 spiro atoms. The second-order valence-electron chi connectivity index (χ2n) is 4.45. The van der Waals surface area contributed by atoms with Crippen LogP contribution in [0, 0.1) is 0 Å². The van der Waals surface area contributed by atoms with E-state index in [9.17, 15) is 9.90 Å². The molecule has 0 bridgehead atoms. The average molecular weight is 374 g/mol. The number of hydrogen-bond acceptors (Lipinski definition) is 5. The molecule has 0 aliphatic carbocycles. The summed E-state index contributed by atoms with van der Waals surface area (Å²) in [6.45, 7) is 1.62. The Morgan fingerprint density at radius 1 is 1.26 bits per heavy atom. The van der Waals surface area contributed by atoms with Gasteiger partial charge in [0.1, 0.15) is 10.8 Å². The minimum atomic E-state index is -0.713. The summed E-state index contributed by atoms with van der Waals surface area (Å²) in [7, 11) is 0. The third kappa shape index (κ3) is 3.67. The molecule has 0 atom stereocenters. The van der Waals surface area contributed by atoms with Gasteiger partial charge in [-0.2, -0.15) is 5.10 Å². The molecule has 4 N–H and O–H groups in total. The van der Waals surface area contributed by atoms with Crippen LogP contribution in [0.25, 0.3) is 0 Å². The molecule has 0 saturated heterocycles. The van der Waals surface area contributed by atoms with Gasteiger partial charge in [0.2, 0.25) is 0 Å². The number of halogens is 3. The largest absolute Gasteiger partial charge is 0.507 e. The fraction of sp³-hybridized carbons (Fsp3) is 0.0714. The zero-order valence-corrected chi connectivity index (χ0v) is 14.0. The maximum absolute atomic E-state index is 12.1. The van der Waals surface area contributed by atoms with Gasteiger partial charge in [-0.25, -0.2) is 10.4 Å². The number of pyridine rings is 1. The quantitative estimate of drug-likeness (QED) is 0.435. The number of nitrogens with two attached hydrogens (primary N) is 1. The lowest BCUT2D eigenvalue weighted by atomic mass is 10.1. The molecule has 1 aromatic carbocycles. The molecule has 2 aromatic rings. The second kappa shape index (κ2) is 7.04. The van der Waals surface area contributed by atoms with E-state index < -0.39 is 5.91 Å². The van der Waals surface area contributed by atoms with Crippen LogP contribution in [-0.2, 0) is 0 Å². The molecule has 1 aromatic heterocycles. The maximum Gasteiger partial charge on any atom is 0.291 e. The van der Waals surface area contributed by atoms with E-state index in [1.807, 2.05) is 0 Å². The van der Waals surface area contributed by atoms with Crippen LogP contribution in [0.3, 0.4) is 0 Å². The first kappa shape index (κ1) is 17.3. The Labute approximate surface area is 146 Å². The molecule has 0 fully saturated rings. The van der Waals surface area contributed by atoms with E-state index >= 15 is 0 Å². The first-order valence-corrected chi connectivity index (χ1v) is 7.39. The number of benzene rings is 1. The van der Waals surface area contributed by atoms with Gasteiger partial charge in [-0.05, 0) is 19.1 Å². The van der Waals surface area contributed by atoms with Crippen molar-refractivity contribution >= 4 is 52.1 Å². The Balaban J connectivity index is 2.27. The van der Waals surface area contributed by atoms with Crippen LogP contribution in [-0.4, -0.2) is 21.7 Å². The summed E-state index contributed by atoms with van der Waals surface area (Å²) < 4.78 is 0. The zero-order chi connectivity index (χ0) is 17.1. The number of nitrogens with one attached hydrogen (secondary N) is 1. The van der Waals surface area contributed by atoms with Gasteiger partial charge in [-0.3, -0.25) is 4.79 Å². The highest BCUT2D eigenvalue weighted by Gasteiger charge is 2.19. The van der Waals surface area contributed by atoms with Crippen molar-refractivity contribution in [3.05, 3.63) is 50.7 Å². The number of nitrogen functional groups attached to an aromatic ring is 1. The molecule has 0 saturated carbocycles. The van der Waals surface area contributed by atoms with E-state index in [0.717, 1.165) is 0 Å². The van der Waals surface area contributed by atoms with Crippen molar-refractivity contribution in [2.75, 3.05) is 5.73 Å². The SMILES string of the molecule is C/C(=N\NC(=O)c1nc(Cl)c(Cl)c(N)c1Cl)c1ccccc1O. The van der Waals surface area contributed by atoms with Gasteiger partial charge in [0.15, 0.2) is 10.8 Å². The van der Waals surface area contributed by atoms with E-state index in [4.69, 9.17) is 40.5 Å². The number of carbonyl (C=O) groups is 1. The van der Waals surface area contributed by atoms with E-state index in [1.54, 1.807) is 25.1 Å². The van der Waals surface area contributed by atoms with Crippen LogP contribution in [0.15, 0.2) is 29.4 Å². The second-order valence-corrected chi connectivity index (χ2v) is 5.56. The number of hydrazone groups is 1. The summed E-state index contributed by atoms with van der Waals surface area (Å²) in [5, 5.41) is 13.3. The molecule has 0 aliphatic rings. The number of anilines is 1. The number of carbonyl (C=O) groups excluding carboxylic acids is 1. The third-order valence-corrected chi connectivity index (χ3v) is 4.04. The number of aromatic nitrogens is 1. The molecular formula is C14H11Cl3N4O2. The molecule has 1 heterocycles. The smallest absolute Gasteiger partial charge is 0.291 e. The highest BCUT2D eigenvalue weighted by atomic mass is 35.5. The molecular weight excluding hydrogens is 363 g/mol. The monoisotopic (exact) mass is 372 g/mol. The van der Waals surface area contributed by atoms with Gasteiger partial charge < -0.3 is 10.8 Å². The van der Waals surface area contributed by atoms with Crippen LogP contribution >= 0.6 is 34.8 Å². The highest BCUT2D eigenvalue weighted by Crippen LogP contribution is 2.34. The zero-order valence-electron chi connectivity index (χ0n) is 11.8. The van der Waals surface area contributed by atoms with Crippen molar-refractivity contribution in [1.29, 1.82) is 0 Å². The molecule has 0 radical (unpaired) electrons. The molecule has 1 amide bonds. The van der Waals surface area contributed by atoms with Crippen molar-refractivity contribution in [2.45, 2.75) is 6.92 Å². The van der Waals surface area contributed by atoms with Crippen LogP contribution in [0.5, 0.6) is 5.75 Å². The lowest BCUT2D eigenvalue weighted by Gasteiger charge is -2.08. The van der Waals surface area contributed by atoms with Crippen molar-refractivity contribution in [3.63, 3.8) is 0 Å². The molecule has 2 rings (SSSR count). The predicted octanol–water partition coefficient (Wildman–Crippen LogP) is 3.48. The summed E-state index contributed by atoms with van der Waals surface area (Å²) in [4.78, 5) is 15.9. The fourth-order valence-electron chi connectivity index (χ4n) is 1.71. The Morgan fingerprint density at radius 3 is 2.57 bits per heavy atom. The lowest BCUT2D eigenvalue weighted by molar-refractivity contribution is 0.0950. The van der Waals surface area contributed by atoms with Crippen LogP contribution in [0.2, 0.25) is 15.2 Å². The first-order chi connectivity index (χ1) is 10.8. The van der Waals surface area contributed by atoms with Crippen LogP contribution in [0.4, 0.5) is 5.69 Å². The van der Waals surface area contributed by atoms with E-state index in [2.05, 4.69) is 15.5 Å². The highest BCUT2D eigenvalue weighted by molar-refractivity contribution is 6.46. The Hall–Kier alpha value is -2.02. The van der Waals surface area contributed by atoms with Gasteiger partial charge in [-0.1, -0.05) is 46.9 Å². The maximum atomic E-state index is 12.1. The number of para-hydroxylation sites is 1. The number of hydrogen-bond donors (Lipinski definition) is 3. The Morgan fingerprint density at radius 2 is 1.91 bits per heavy atom. The van der Waals surface area contributed by atoms with Gasteiger partial charge in [0.25, 0.3) is 5.91 Å². The van der Waals surface area contributed by atoms with Gasteiger partial charge in [0, 0.05) is 5.56 Å². The molecule has 120 valence electrons. The summed E-state index contributed by atoms with van der Waals surface area (Å²) >= 11 is 17.5. The van der Waals surface area contributed by atoms with Crippen molar-refractivity contribution in [2.24, 2.45) is 5.10 Å². The van der Waals surface area contributed by atoms with E-state index in [-0.39, 0.29) is 32.3 Å². The van der Waals surface area contributed by atoms with Crippen LogP contribution in [0.1, 0.15) is 23.0 Å². The van der Waals surface area contributed by atoms with Gasteiger partial charge in [0.05, 0.1) is 16.4 Å². The third-order valence-electron chi connectivity index (χ3n) is 2.91. The first-order valence-electron chi connectivity index (χ1n) is 6.26. The van der Waals surface area contributed by atoms with Gasteiger partial charge >= 0.3 is 0 Å². The molecule has 0 unspecified atom stereocenters. The standard InChI is InChI=1S/C14H11Cl3N4O2/c1-6(7-4-2-3-5-8(7)22)20-21-14(23)12-9(15)11(18)10(16)13(17)19-12/h2-5,22H,1H3,(H2,18,19)(H,21,23)/b20-6+. The minimum absolute atomic E-state index is 0.0258. The summed E-state index contributed by atoms with van der Waals surface area (Å²) in [5.41, 5.74) is 8.54. The number of aromatic hydroxyl groups is 1. The summed E-state index contributed by atoms with van der Waals surface area (Å²) in [6.07, 6.45) is 0. The summed E-state index contributed by atoms with van der Waals surface area (Å²) in [5.74, 6) is -0.673. The number of nitrogens with zero attached hydrogens (tertiary/aromatic N) is 2. The minimum Gasteiger partial charge on any atom is -0.507 e. The fourth-order valence-corrected chi connectivity index (χ4v) is 2.30. The topological polar surface area (TPSA) is 101 Å². The van der Waals surface area contributed by atoms with Crippen molar-refractivity contribution < 1.29 is 9.90 Å². The normalized spacial score (nSPS) is 11.4. The average Bonchev–Trinajstić information content (AvgIpc) is 2.54. The molecule has 9 heteroatoms.